The summed E-state index contributed by atoms with van der Waals surface area (Å²) in [7, 11) is 0. The van der Waals surface area contributed by atoms with Crippen molar-refractivity contribution in [1.29, 1.82) is 0 Å². The van der Waals surface area contributed by atoms with Gasteiger partial charge in [-0.2, -0.15) is 0 Å². The molecule has 28 heavy (non-hydrogen) atoms. The molecule has 0 unspecified atom stereocenters. The number of rotatable bonds is 4. The number of ether oxygens (including phenoxy) is 1. The summed E-state index contributed by atoms with van der Waals surface area (Å²) in [6.45, 7) is 1.93. The maximum atomic E-state index is 6.12. The minimum atomic E-state index is 0.785. The van der Waals surface area contributed by atoms with Gasteiger partial charge in [-0.05, 0) is 31.2 Å². The number of aromatic nitrogens is 3. The van der Waals surface area contributed by atoms with E-state index in [0.717, 1.165) is 50.5 Å². The van der Waals surface area contributed by atoms with Gasteiger partial charge in [-0.3, -0.25) is 0 Å². The maximum Gasteiger partial charge on any atom is 0.137 e. The predicted octanol–water partition coefficient (Wildman–Crippen LogP) is 5.99. The highest BCUT2D eigenvalue weighted by molar-refractivity contribution is 5.96. The van der Waals surface area contributed by atoms with Crippen LogP contribution < -0.4 is 4.74 Å². The van der Waals surface area contributed by atoms with Gasteiger partial charge in [0.2, 0.25) is 0 Å². The van der Waals surface area contributed by atoms with Gasteiger partial charge in [0.05, 0.1) is 5.69 Å². The smallest absolute Gasteiger partial charge is 0.137 e. The van der Waals surface area contributed by atoms with Crippen molar-refractivity contribution >= 4 is 11.0 Å². The molecule has 0 saturated carbocycles. The van der Waals surface area contributed by atoms with Crippen LogP contribution in [0.2, 0.25) is 0 Å². The van der Waals surface area contributed by atoms with Gasteiger partial charge in [0.25, 0.3) is 0 Å². The Morgan fingerprint density at radius 3 is 2.57 bits per heavy atom. The molecule has 136 valence electrons. The van der Waals surface area contributed by atoms with Crippen LogP contribution in [0.4, 0.5) is 0 Å². The third kappa shape index (κ3) is 2.83. The first-order valence-electron chi connectivity index (χ1n) is 9.00. The van der Waals surface area contributed by atoms with Crippen LogP contribution in [-0.4, -0.2) is 15.1 Å². The Hall–Kier alpha value is -3.86. The van der Waals surface area contributed by atoms with E-state index >= 15 is 0 Å². The van der Waals surface area contributed by atoms with Gasteiger partial charge in [0.1, 0.15) is 23.4 Å². The summed E-state index contributed by atoms with van der Waals surface area (Å²) < 4.78 is 11.2. The molecule has 0 fully saturated rings. The maximum absolute atomic E-state index is 6.12. The monoisotopic (exact) mass is 367 g/mol. The number of hydrogen-bond acceptors (Lipinski definition) is 4. The highest BCUT2D eigenvalue weighted by Gasteiger charge is 2.14. The molecule has 0 bridgehead atoms. The van der Waals surface area contributed by atoms with E-state index in [1.807, 2.05) is 73.9 Å². The lowest BCUT2D eigenvalue weighted by molar-refractivity contribution is 0.415. The summed E-state index contributed by atoms with van der Waals surface area (Å²) >= 11 is 0. The van der Waals surface area contributed by atoms with Crippen LogP contribution >= 0.6 is 0 Å². The third-order valence-electron chi connectivity index (χ3n) is 4.74. The van der Waals surface area contributed by atoms with E-state index in [-0.39, 0.29) is 0 Å². The van der Waals surface area contributed by atoms with Crippen molar-refractivity contribution < 1.29 is 9.26 Å². The lowest BCUT2D eigenvalue weighted by Crippen LogP contribution is -1.89. The van der Waals surface area contributed by atoms with E-state index in [1.165, 1.54) is 0 Å². The summed E-state index contributed by atoms with van der Waals surface area (Å²) in [4.78, 5) is 7.83. The average molecular weight is 367 g/mol. The molecule has 3 aromatic heterocycles. The van der Waals surface area contributed by atoms with Crippen LogP contribution in [0.3, 0.4) is 0 Å². The largest absolute Gasteiger partial charge is 0.457 e. The molecule has 0 aliphatic carbocycles. The summed E-state index contributed by atoms with van der Waals surface area (Å²) in [6, 6.07) is 19.9. The molecule has 0 atom stereocenters. The van der Waals surface area contributed by atoms with Gasteiger partial charge >= 0.3 is 0 Å². The number of nitrogens with zero attached hydrogens (tertiary/aromatic N) is 2. The van der Waals surface area contributed by atoms with Gasteiger partial charge in [0, 0.05) is 40.0 Å². The highest BCUT2D eigenvalue weighted by Crippen LogP contribution is 2.36. The van der Waals surface area contributed by atoms with Crippen LogP contribution in [0.25, 0.3) is 33.3 Å². The second kappa shape index (κ2) is 6.70. The van der Waals surface area contributed by atoms with Crippen LogP contribution in [0, 0.1) is 6.92 Å². The average Bonchev–Trinajstić information content (AvgIpc) is 3.34. The predicted molar refractivity (Wildman–Crippen MR) is 108 cm³/mol. The molecule has 0 radical (unpaired) electrons. The van der Waals surface area contributed by atoms with Crippen LogP contribution in [0.5, 0.6) is 11.5 Å². The van der Waals surface area contributed by atoms with Gasteiger partial charge in [0.15, 0.2) is 0 Å². The second-order valence-corrected chi connectivity index (χ2v) is 6.55. The number of benzene rings is 2. The van der Waals surface area contributed by atoms with Crippen LogP contribution in [-0.2, 0) is 0 Å². The van der Waals surface area contributed by atoms with E-state index in [1.54, 1.807) is 6.26 Å². The molecule has 1 N–H and O–H groups in total. The van der Waals surface area contributed by atoms with E-state index in [0.29, 0.717) is 0 Å². The number of fused-ring (bicyclic) bond motifs is 1. The number of pyridine rings is 1. The quantitative estimate of drug-likeness (QED) is 0.424. The third-order valence-corrected chi connectivity index (χ3v) is 4.74. The zero-order valence-electron chi connectivity index (χ0n) is 15.2. The lowest BCUT2D eigenvalue weighted by atomic mass is 10.0. The van der Waals surface area contributed by atoms with E-state index in [9.17, 15) is 0 Å². The minimum Gasteiger partial charge on any atom is -0.457 e. The standard InChI is InChI=1S/C23H17N3O2/c1-15-21(14-27-26-15)20-13-25-23-19(20)11-16(12-24-23)18-9-5-6-10-22(18)28-17-7-3-2-4-8-17/h2-14H,1H3,(H,24,25). The number of H-pyrrole nitrogens is 1. The molecule has 5 rings (SSSR count). The Kier molecular flexibility index (Phi) is 3.91. The molecule has 0 saturated heterocycles. The number of para-hydroxylation sites is 2. The van der Waals surface area contributed by atoms with Crippen molar-refractivity contribution in [2.24, 2.45) is 0 Å². The van der Waals surface area contributed by atoms with E-state index in [2.05, 4.69) is 21.2 Å². The van der Waals surface area contributed by atoms with Crippen molar-refractivity contribution in [3.63, 3.8) is 0 Å². The van der Waals surface area contributed by atoms with E-state index < -0.39 is 0 Å². The van der Waals surface area contributed by atoms with Crippen molar-refractivity contribution in [2.45, 2.75) is 6.92 Å². The second-order valence-electron chi connectivity index (χ2n) is 6.55. The van der Waals surface area contributed by atoms with Gasteiger partial charge in [-0.25, -0.2) is 4.98 Å². The van der Waals surface area contributed by atoms with Crippen LogP contribution in [0.15, 0.2) is 83.8 Å². The Balaban J connectivity index is 1.62. The number of nitrogens with one attached hydrogen (secondary N) is 1. The molecule has 0 aliphatic heterocycles. The van der Waals surface area contributed by atoms with Gasteiger partial charge in [-0.1, -0.05) is 41.6 Å². The lowest BCUT2D eigenvalue weighted by Gasteiger charge is -2.11. The fraction of sp³-hybridized carbons (Fsp3) is 0.0435. The first-order valence-corrected chi connectivity index (χ1v) is 9.00. The Morgan fingerprint density at radius 1 is 0.929 bits per heavy atom. The van der Waals surface area contributed by atoms with Crippen molar-refractivity contribution in [3.8, 4) is 33.8 Å². The van der Waals surface area contributed by atoms with Crippen molar-refractivity contribution in [3.05, 3.63) is 85.0 Å². The zero-order chi connectivity index (χ0) is 18.9. The number of hydrogen-bond donors (Lipinski definition) is 1. The molecule has 0 amide bonds. The fourth-order valence-corrected chi connectivity index (χ4v) is 3.33. The Bertz CT molecular complexity index is 1260. The van der Waals surface area contributed by atoms with E-state index in [4.69, 9.17) is 9.26 Å². The first-order chi connectivity index (χ1) is 13.8. The number of aryl methyl sites for hydroxylation is 1. The molecular formula is C23H17N3O2. The molecule has 2 aromatic carbocycles. The van der Waals surface area contributed by atoms with Crippen LogP contribution in [0.1, 0.15) is 5.69 Å². The molecule has 5 nitrogen and oxygen atoms in total. The Morgan fingerprint density at radius 2 is 1.75 bits per heavy atom. The van der Waals surface area contributed by atoms with Crippen molar-refractivity contribution in [2.75, 3.05) is 0 Å². The summed E-state index contributed by atoms with van der Waals surface area (Å²) in [6.07, 6.45) is 5.46. The molecule has 0 spiro atoms. The molecule has 3 heterocycles. The first kappa shape index (κ1) is 16.3. The molecule has 5 heteroatoms. The Labute approximate surface area is 161 Å². The normalized spacial score (nSPS) is 11.0. The van der Waals surface area contributed by atoms with Crippen molar-refractivity contribution in [1.82, 2.24) is 15.1 Å². The molecule has 5 aromatic rings. The summed E-state index contributed by atoms with van der Waals surface area (Å²) in [5, 5.41) is 5.00. The SMILES string of the molecule is Cc1nocc1-c1c[nH]c2ncc(-c3ccccc3Oc3ccccc3)cc12. The molecular weight excluding hydrogens is 350 g/mol. The number of aromatic amines is 1. The highest BCUT2D eigenvalue weighted by atomic mass is 16.5. The summed E-state index contributed by atoms with van der Waals surface area (Å²) in [5.41, 5.74) is 5.60. The minimum absolute atomic E-state index is 0.785. The fourth-order valence-electron chi connectivity index (χ4n) is 3.33. The summed E-state index contributed by atoms with van der Waals surface area (Å²) in [5.74, 6) is 1.58. The van der Waals surface area contributed by atoms with Gasteiger partial charge in [-0.15, -0.1) is 0 Å². The zero-order valence-corrected chi connectivity index (χ0v) is 15.2. The van der Waals surface area contributed by atoms with Gasteiger partial charge < -0.3 is 14.2 Å². The topological polar surface area (TPSA) is 63.9 Å². The molecule has 0 aliphatic rings.